The molecule has 18 heavy (non-hydrogen) atoms. The second kappa shape index (κ2) is 5.28. The normalized spacial score (nSPS) is 23.8. The van der Waals surface area contributed by atoms with Crippen molar-refractivity contribution < 1.29 is 18.3 Å². The van der Waals surface area contributed by atoms with Gasteiger partial charge in [0.15, 0.2) is 9.84 Å². The highest BCUT2D eigenvalue weighted by Gasteiger charge is 2.33. The Balaban J connectivity index is 2.13. The molecule has 1 aromatic carbocycles. The van der Waals surface area contributed by atoms with Crippen LogP contribution in [-0.2, 0) is 9.84 Å². The van der Waals surface area contributed by atoms with E-state index in [2.05, 4.69) is 0 Å². The molecule has 0 amide bonds. The fourth-order valence-electron chi connectivity index (χ4n) is 2.30. The van der Waals surface area contributed by atoms with Gasteiger partial charge in [0.2, 0.25) is 0 Å². The van der Waals surface area contributed by atoms with Gasteiger partial charge in [0.1, 0.15) is 5.75 Å². The molecule has 1 aliphatic rings. The van der Waals surface area contributed by atoms with Gasteiger partial charge in [-0.2, -0.15) is 0 Å². The molecule has 0 saturated carbocycles. The second-order valence-electron chi connectivity index (χ2n) is 4.61. The first kappa shape index (κ1) is 13.4. The van der Waals surface area contributed by atoms with Gasteiger partial charge in [-0.1, -0.05) is 12.1 Å². The third-order valence-corrected chi connectivity index (χ3v) is 5.02. The summed E-state index contributed by atoms with van der Waals surface area (Å²) in [6, 6.07) is 7.22. The minimum Gasteiger partial charge on any atom is -0.494 e. The third-order valence-electron chi connectivity index (χ3n) is 3.22. The maximum atomic E-state index is 11.4. The molecule has 1 fully saturated rings. The summed E-state index contributed by atoms with van der Waals surface area (Å²) in [4.78, 5) is 0. The molecular weight excluding hydrogens is 252 g/mol. The number of hydrogen-bond acceptors (Lipinski definition) is 4. The van der Waals surface area contributed by atoms with E-state index in [1.54, 1.807) is 12.1 Å². The highest BCUT2D eigenvalue weighted by atomic mass is 32.2. The van der Waals surface area contributed by atoms with Crippen molar-refractivity contribution in [3.8, 4) is 5.75 Å². The van der Waals surface area contributed by atoms with Crippen LogP contribution in [0.5, 0.6) is 5.75 Å². The Kier molecular flexibility index (Phi) is 3.92. The Labute approximate surface area is 108 Å². The van der Waals surface area contributed by atoms with Gasteiger partial charge >= 0.3 is 0 Å². The largest absolute Gasteiger partial charge is 0.494 e. The molecule has 0 bridgehead atoms. The van der Waals surface area contributed by atoms with Crippen LogP contribution in [0.15, 0.2) is 24.3 Å². The number of hydrogen-bond donors (Lipinski definition) is 1. The van der Waals surface area contributed by atoms with E-state index in [0.717, 1.165) is 5.56 Å². The molecule has 1 aliphatic heterocycles. The predicted octanol–water partition coefficient (Wildman–Crippen LogP) is 1.55. The summed E-state index contributed by atoms with van der Waals surface area (Å²) in [5.74, 6) is 0.759. The summed E-state index contributed by atoms with van der Waals surface area (Å²) in [6.07, 6.45) is -0.204. The second-order valence-corrected chi connectivity index (χ2v) is 6.84. The van der Waals surface area contributed by atoms with Gasteiger partial charge in [-0.05, 0) is 31.0 Å². The van der Waals surface area contributed by atoms with E-state index in [9.17, 15) is 13.5 Å². The van der Waals surface area contributed by atoms with Crippen molar-refractivity contribution in [3.63, 3.8) is 0 Å². The number of ether oxygens (including phenoxy) is 1. The van der Waals surface area contributed by atoms with E-state index < -0.39 is 15.9 Å². The summed E-state index contributed by atoms with van der Waals surface area (Å²) < 4.78 is 28.2. The number of aliphatic hydroxyl groups is 1. The lowest BCUT2D eigenvalue weighted by Crippen LogP contribution is -2.14. The van der Waals surface area contributed by atoms with Crippen LogP contribution in [0.1, 0.15) is 25.0 Å². The van der Waals surface area contributed by atoms with Crippen molar-refractivity contribution in [3.05, 3.63) is 29.8 Å². The topological polar surface area (TPSA) is 63.6 Å². The Morgan fingerprint density at radius 3 is 2.89 bits per heavy atom. The quantitative estimate of drug-likeness (QED) is 0.901. The van der Waals surface area contributed by atoms with Crippen LogP contribution < -0.4 is 4.74 Å². The Morgan fingerprint density at radius 1 is 1.50 bits per heavy atom. The summed E-state index contributed by atoms with van der Waals surface area (Å²) >= 11 is 0. The van der Waals surface area contributed by atoms with E-state index in [4.69, 9.17) is 4.74 Å². The molecule has 0 radical (unpaired) electrons. The molecule has 1 N–H and O–H groups in total. The van der Waals surface area contributed by atoms with Gasteiger partial charge in [-0.15, -0.1) is 0 Å². The first-order chi connectivity index (χ1) is 8.52. The monoisotopic (exact) mass is 270 g/mol. The lowest BCUT2D eigenvalue weighted by atomic mass is 9.95. The third kappa shape index (κ3) is 3.03. The number of rotatable bonds is 4. The van der Waals surface area contributed by atoms with E-state index in [0.29, 0.717) is 18.8 Å². The molecule has 2 atom stereocenters. The average Bonchev–Trinajstić information content (AvgIpc) is 2.70. The van der Waals surface area contributed by atoms with Gasteiger partial charge in [-0.3, -0.25) is 0 Å². The van der Waals surface area contributed by atoms with E-state index in [-0.39, 0.29) is 17.4 Å². The molecule has 2 unspecified atom stereocenters. The first-order valence-corrected chi connectivity index (χ1v) is 7.95. The van der Waals surface area contributed by atoms with Crippen LogP contribution in [0, 0.1) is 5.92 Å². The molecule has 0 aliphatic carbocycles. The summed E-state index contributed by atoms with van der Waals surface area (Å²) in [5, 5.41) is 10.2. The van der Waals surface area contributed by atoms with Crippen molar-refractivity contribution >= 4 is 9.84 Å². The van der Waals surface area contributed by atoms with Gasteiger partial charge in [0.05, 0.1) is 24.2 Å². The Morgan fingerprint density at radius 2 is 2.28 bits per heavy atom. The number of benzene rings is 1. The molecule has 1 aromatic rings. The van der Waals surface area contributed by atoms with Gasteiger partial charge in [0.25, 0.3) is 0 Å². The van der Waals surface area contributed by atoms with Crippen LogP contribution in [-0.4, -0.2) is 31.6 Å². The molecule has 0 spiro atoms. The van der Waals surface area contributed by atoms with Crippen LogP contribution in [0.4, 0.5) is 0 Å². The molecule has 2 rings (SSSR count). The average molecular weight is 270 g/mol. The van der Waals surface area contributed by atoms with Gasteiger partial charge in [-0.25, -0.2) is 8.42 Å². The summed E-state index contributed by atoms with van der Waals surface area (Å²) in [7, 11) is -2.96. The molecule has 0 aromatic heterocycles. The Hall–Kier alpha value is -1.07. The standard InChI is InChI=1S/C13H18O4S/c1-2-17-12-5-3-4-10(8-12)13(14)11-6-7-18(15,16)9-11/h3-5,8,11,13-14H,2,6-7,9H2,1H3. The van der Waals surface area contributed by atoms with Crippen LogP contribution in [0.3, 0.4) is 0 Å². The van der Waals surface area contributed by atoms with Crippen molar-refractivity contribution in [1.29, 1.82) is 0 Å². The zero-order valence-corrected chi connectivity index (χ0v) is 11.2. The number of aliphatic hydroxyl groups excluding tert-OH is 1. The van der Waals surface area contributed by atoms with E-state index in [1.165, 1.54) is 0 Å². The van der Waals surface area contributed by atoms with Crippen molar-refractivity contribution in [1.82, 2.24) is 0 Å². The van der Waals surface area contributed by atoms with Gasteiger partial charge < -0.3 is 9.84 Å². The van der Waals surface area contributed by atoms with Crippen LogP contribution >= 0.6 is 0 Å². The fourth-order valence-corrected chi connectivity index (χ4v) is 4.13. The molecule has 100 valence electrons. The van der Waals surface area contributed by atoms with Gasteiger partial charge in [0, 0.05) is 5.92 Å². The lowest BCUT2D eigenvalue weighted by molar-refractivity contribution is 0.120. The lowest BCUT2D eigenvalue weighted by Gasteiger charge is -2.17. The SMILES string of the molecule is CCOc1cccc(C(O)C2CCS(=O)(=O)C2)c1. The molecular formula is C13H18O4S. The van der Waals surface area contributed by atoms with Crippen LogP contribution in [0.2, 0.25) is 0 Å². The highest BCUT2D eigenvalue weighted by molar-refractivity contribution is 7.91. The maximum Gasteiger partial charge on any atom is 0.150 e. The zero-order chi connectivity index (χ0) is 13.2. The van der Waals surface area contributed by atoms with Crippen molar-refractivity contribution in [2.24, 2.45) is 5.92 Å². The van der Waals surface area contributed by atoms with E-state index in [1.807, 2.05) is 19.1 Å². The smallest absolute Gasteiger partial charge is 0.150 e. The highest BCUT2D eigenvalue weighted by Crippen LogP contribution is 2.32. The zero-order valence-electron chi connectivity index (χ0n) is 10.4. The molecule has 4 nitrogen and oxygen atoms in total. The minimum atomic E-state index is -2.96. The van der Waals surface area contributed by atoms with Crippen LogP contribution in [0.25, 0.3) is 0 Å². The fraction of sp³-hybridized carbons (Fsp3) is 0.538. The minimum absolute atomic E-state index is 0.0764. The molecule has 1 heterocycles. The predicted molar refractivity (Wildman–Crippen MR) is 69.3 cm³/mol. The Bertz CT molecular complexity index is 509. The maximum absolute atomic E-state index is 11.4. The summed E-state index contributed by atoms with van der Waals surface area (Å²) in [6.45, 7) is 2.46. The molecule has 5 heteroatoms. The number of sulfone groups is 1. The van der Waals surface area contributed by atoms with E-state index >= 15 is 0 Å². The molecule has 1 saturated heterocycles. The van der Waals surface area contributed by atoms with Crippen molar-refractivity contribution in [2.75, 3.05) is 18.1 Å². The van der Waals surface area contributed by atoms with Crippen molar-refractivity contribution in [2.45, 2.75) is 19.4 Å². The summed E-state index contributed by atoms with van der Waals surface area (Å²) in [5.41, 5.74) is 0.725. The first-order valence-electron chi connectivity index (χ1n) is 6.13.